The van der Waals surface area contributed by atoms with E-state index < -0.39 is 23.1 Å². The Labute approximate surface area is 204 Å². The molecular weight excluding hydrogens is 476 g/mol. The van der Waals surface area contributed by atoms with Gasteiger partial charge in [0.05, 0.1) is 35.3 Å². The maximum Gasteiger partial charge on any atom is 0.397 e. The molecule has 0 aliphatic carbocycles. The number of rotatable bonds is 7. The van der Waals surface area contributed by atoms with Crippen LogP contribution in [-0.2, 0) is 23.8 Å². The minimum Gasteiger partial charge on any atom is -0.459 e. The van der Waals surface area contributed by atoms with Gasteiger partial charge in [-0.05, 0) is 43.7 Å². The first-order valence-electron chi connectivity index (χ1n) is 10.7. The molecule has 0 saturated carbocycles. The van der Waals surface area contributed by atoms with E-state index >= 15 is 0 Å². The lowest BCUT2D eigenvalue weighted by Gasteiger charge is -2.21. The predicted molar refractivity (Wildman–Crippen MR) is 127 cm³/mol. The molecular formula is C24H22N2O8S. The molecule has 1 aliphatic rings. The van der Waals surface area contributed by atoms with Crippen LogP contribution in [0, 0.1) is 17.0 Å². The molecule has 3 aromatic rings. The van der Waals surface area contributed by atoms with Crippen molar-refractivity contribution < 1.29 is 33.5 Å². The molecule has 0 bridgehead atoms. The van der Waals surface area contributed by atoms with Crippen LogP contribution in [0.4, 0.5) is 16.4 Å². The van der Waals surface area contributed by atoms with Crippen molar-refractivity contribution in [2.75, 3.05) is 24.7 Å². The number of esters is 1. The van der Waals surface area contributed by atoms with Crippen LogP contribution < -0.4 is 9.64 Å². The van der Waals surface area contributed by atoms with Crippen molar-refractivity contribution in [2.24, 2.45) is 0 Å². The number of thiophene rings is 1. The molecule has 0 unspecified atom stereocenters. The molecule has 35 heavy (non-hydrogen) atoms. The fraction of sp³-hybridized carbons (Fsp3) is 0.250. The van der Waals surface area contributed by atoms with Crippen molar-refractivity contribution >= 4 is 39.6 Å². The highest BCUT2D eigenvalue weighted by Crippen LogP contribution is 2.45. The Balaban J connectivity index is 1.81. The zero-order chi connectivity index (χ0) is 24.9. The number of para-hydroxylation sites is 1. The van der Waals surface area contributed by atoms with Gasteiger partial charge >= 0.3 is 16.9 Å². The summed E-state index contributed by atoms with van der Waals surface area (Å²) in [4.78, 5) is 38.4. The number of benzene rings is 2. The van der Waals surface area contributed by atoms with Crippen LogP contribution in [0.2, 0.25) is 0 Å². The fourth-order valence-electron chi connectivity index (χ4n) is 3.42. The van der Waals surface area contributed by atoms with Gasteiger partial charge in [0, 0.05) is 6.07 Å². The molecule has 1 aliphatic heterocycles. The number of anilines is 2. The molecule has 4 rings (SSSR count). The lowest BCUT2D eigenvalue weighted by atomic mass is 10.1. The Kier molecular flexibility index (Phi) is 7.39. The Bertz CT molecular complexity index is 1240. The van der Waals surface area contributed by atoms with E-state index in [1.807, 2.05) is 25.1 Å². The van der Waals surface area contributed by atoms with E-state index in [4.69, 9.17) is 18.9 Å². The largest absolute Gasteiger partial charge is 0.459 e. The van der Waals surface area contributed by atoms with Crippen LogP contribution in [0.25, 0.3) is 0 Å². The summed E-state index contributed by atoms with van der Waals surface area (Å²) >= 11 is 0.814. The van der Waals surface area contributed by atoms with Gasteiger partial charge in [-0.2, -0.15) is 0 Å². The topological polar surface area (TPSA) is 117 Å². The molecule has 1 fully saturated rings. The van der Waals surface area contributed by atoms with Gasteiger partial charge in [-0.1, -0.05) is 35.6 Å². The molecule has 0 atom stereocenters. The van der Waals surface area contributed by atoms with Gasteiger partial charge < -0.3 is 18.9 Å². The van der Waals surface area contributed by atoms with Gasteiger partial charge in [-0.3, -0.25) is 19.8 Å². The molecule has 2 aromatic carbocycles. The minimum absolute atomic E-state index is 0.0323. The zero-order valence-corrected chi connectivity index (χ0v) is 19.8. The van der Waals surface area contributed by atoms with Crippen LogP contribution >= 0.6 is 11.3 Å². The van der Waals surface area contributed by atoms with E-state index in [2.05, 4.69) is 0 Å². The summed E-state index contributed by atoms with van der Waals surface area (Å²) in [5.41, 5.74) is 0.858. The summed E-state index contributed by atoms with van der Waals surface area (Å²) in [7, 11) is 0. The van der Waals surface area contributed by atoms with E-state index in [0.29, 0.717) is 29.6 Å². The second kappa shape index (κ2) is 10.6. The molecule has 0 spiro atoms. The summed E-state index contributed by atoms with van der Waals surface area (Å²) in [6, 6.07) is 15.3. The molecule has 0 N–H and O–H groups in total. The zero-order valence-electron chi connectivity index (χ0n) is 19.0. The van der Waals surface area contributed by atoms with Gasteiger partial charge in [0.1, 0.15) is 17.2 Å². The molecule has 1 aromatic heterocycles. The SMILES string of the molecule is CCOC(=O)C(=O)N(c1ccc(C)c(Oc2ccccc2)c1)c1cc(C2OCCO2)sc1[N+](=O)[O-]. The number of ether oxygens (including phenoxy) is 4. The third-order valence-electron chi connectivity index (χ3n) is 5.03. The molecule has 10 nitrogen and oxygen atoms in total. The first kappa shape index (κ1) is 24.3. The van der Waals surface area contributed by atoms with Gasteiger partial charge in [-0.25, -0.2) is 4.79 Å². The average molecular weight is 499 g/mol. The number of carbonyl (C=O) groups is 2. The van der Waals surface area contributed by atoms with Crippen molar-refractivity contribution in [1.29, 1.82) is 0 Å². The van der Waals surface area contributed by atoms with E-state index in [0.717, 1.165) is 21.8 Å². The van der Waals surface area contributed by atoms with Gasteiger partial charge in [0.15, 0.2) is 6.29 Å². The average Bonchev–Trinajstić information content (AvgIpc) is 3.52. The monoisotopic (exact) mass is 498 g/mol. The highest BCUT2D eigenvalue weighted by Gasteiger charge is 2.36. The smallest absolute Gasteiger partial charge is 0.397 e. The van der Waals surface area contributed by atoms with Crippen LogP contribution in [0.5, 0.6) is 11.5 Å². The quantitative estimate of drug-likeness (QED) is 0.193. The Morgan fingerprint density at radius 3 is 2.51 bits per heavy atom. The van der Waals surface area contributed by atoms with Crippen molar-refractivity contribution in [3.63, 3.8) is 0 Å². The Hall–Kier alpha value is -3.80. The molecule has 0 radical (unpaired) electrons. The van der Waals surface area contributed by atoms with Crippen LogP contribution in [0.1, 0.15) is 23.7 Å². The minimum atomic E-state index is -1.14. The van der Waals surface area contributed by atoms with Crippen molar-refractivity contribution in [3.05, 3.63) is 75.2 Å². The summed E-state index contributed by atoms with van der Waals surface area (Å²) in [5, 5.41) is 11.6. The van der Waals surface area contributed by atoms with Crippen LogP contribution in [0.3, 0.4) is 0 Å². The fourth-order valence-corrected chi connectivity index (χ4v) is 4.38. The molecule has 182 valence electrons. The first-order chi connectivity index (χ1) is 16.9. The number of aryl methyl sites for hydroxylation is 1. The summed E-state index contributed by atoms with van der Waals surface area (Å²) in [5.74, 6) is -1.25. The molecule has 1 amide bonds. The van der Waals surface area contributed by atoms with Gasteiger partial charge in [0.25, 0.3) is 0 Å². The third kappa shape index (κ3) is 5.32. The maximum atomic E-state index is 13.2. The highest BCUT2D eigenvalue weighted by atomic mass is 32.1. The first-order valence-corrected chi connectivity index (χ1v) is 11.6. The summed E-state index contributed by atoms with van der Waals surface area (Å²) < 4.78 is 21.8. The number of carbonyl (C=O) groups excluding carboxylic acids is 2. The second-order valence-corrected chi connectivity index (χ2v) is 8.46. The van der Waals surface area contributed by atoms with E-state index in [9.17, 15) is 19.7 Å². The number of hydrogen-bond acceptors (Lipinski definition) is 9. The number of amides is 1. The van der Waals surface area contributed by atoms with E-state index in [1.165, 1.54) is 6.07 Å². The van der Waals surface area contributed by atoms with Crippen molar-refractivity contribution in [1.82, 2.24) is 0 Å². The summed E-state index contributed by atoms with van der Waals surface area (Å²) in [6.07, 6.45) is -0.790. The number of nitro groups is 1. The highest BCUT2D eigenvalue weighted by molar-refractivity contribution is 7.16. The van der Waals surface area contributed by atoms with Crippen molar-refractivity contribution in [3.8, 4) is 11.5 Å². The lowest BCUT2D eigenvalue weighted by Crippen LogP contribution is -2.34. The van der Waals surface area contributed by atoms with Crippen LogP contribution in [-0.4, -0.2) is 36.6 Å². The number of hydrogen-bond donors (Lipinski definition) is 0. The molecule has 1 saturated heterocycles. The number of nitrogens with zero attached hydrogens (tertiary/aromatic N) is 2. The normalized spacial score (nSPS) is 13.4. The maximum absolute atomic E-state index is 13.2. The van der Waals surface area contributed by atoms with Gasteiger partial charge in [-0.15, -0.1) is 0 Å². The third-order valence-corrected chi connectivity index (χ3v) is 6.13. The standard InChI is InChI=1S/C24H22N2O8S/c1-3-31-23(28)21(27)25(18-14-20(24-32-11-12-33-24)35-22(18)26(29)30)16-10-9-15(2)19(13-16)34-17-7-5-4-6-8-17/h4-10,13-14,24H,3,11-12H2,1-2H3. The lowest BCUT2D eigenvalue weighted by molar-refractivity contribution is -0.379. The molecule has 2 heterocycles. The van der Waals surface area contributed by atoms with Crippen LogP contribution in [0.15, 0.2) is 54.6 Å². The van der Waals surface area contributed by atoms with Crippen molar-refractivity contribution in [2.45, 2.75) is 20.1 Å². The van der Waals surface area contributed by atoms with E-state index in [-0.39, 0.29) is 23.0 Å². The second-order valence-electron chi connectivity index (χ2n) is 7.40. The van der Waals surface area contributed by atoms with Gasteiger partial charge in [0.2, 0.25) is 0 Å². The summed E-state index contributed by atoms with van der Waals surface area (Å²) in [6.45, 7) is 4.03. The Morgan fingerprint density at radius 2 is 1.86 bits per heavy atom. The Morgan fingerprint density at radius 1 is 1.14 bits per heavy atom. The molecule has 11 heteroatoms. The predicted octanol–water partition coefficient (Wildman–Crippen LogP) is 5.03. The van der Waals surface area contributed by atoms with E-state index in [1.54, 1.807) is 37.3 Å².